The Morgan fingerprint density at radius 1 is 1.26 bits per heavy atom. The summed E-state index contributed by atoms with van der Waals surface area (Å²) in [5.41, 5.74) is 1.39. The zero-order chi connectivity index (χ0) is 13.1. The van der Waals surface area contributed by atoms with Crippen molar-refractivity contribution in [1.29, 1.82) is 0 Å². The van der Waals surface area contributed by atoms with Crippen molar-refractivity contribution >= 4 is 0 Å². The molecular formula is C17H26N2. The molecule has 4 atom stereocenters. The molecule has 2 heteroatoms. The van der Waals surface area contributed by atoms with Gasteiger partial charge in [-0.3, -0.25) is 4.90 Å². The highest BCUT2D eigenvalue weighted by Gasteiger charge is 2.38. The van der Waals surface area contributed by atoms with Gasteiger partial charge in [-0.15, -0.1) is 0 Å². The van der Waals surface area contributed by atoms with Gasteiger partial charge in [-0.2, -0.15) is 0 Å². The minimum Gasteiger partial charge on any atom is -0.311 e. The zero-order valence-corrected chi connectivity index (χ0v) is 12.0. The average Bonchev–Trinajstić information content (AvgIpc) is 2.49. The molecule has 1 aromatic rings. The zero-order valence-electron chi connectivity index (χ0n) is 12.0. The van der Waals surface area contributed by atoms with Gasteiger partial charge in [0.15, 0.2) is 0 Å². The molecule has 1 unspecified atom stereocenters. The Morgan fingerprint density at radius 2 is 2.11 bits per heavy atom. The molecule has 19 heavy (non-hydrogen) atoms. The number of hydrogen-bond donors (Lipinski definition) is 1. The summed E-state index contributed by atoms with van der Waals surface area (Å²) in [5, 5.41) is 3.65. The van der Waals surface area contributed by atoms with E-state index >= 15 is 0 Å². The van der Waals surface area contributed by atoms with Crippen LogP contribution in [0.5, 0.6) is 0 Å². The molecule has 2 bridgehead atoms. The largest absolute Gasteiger partial charge is 0.311 e. The van der Waals surface area contributed by atoms with Gasteiger partial charge in [0.1, 0.15) is 0 Å². The lowest BCUT2D eigenvalue weighted by Gasteiger charge is -2.50. The van der Waals surface area contributed by atoms with Gasteiger partial charge in [0, 0.05) is 25.7 Å². The van der Waals surface area contributed by atoms with Gasteiger partial charge < -0.3 is 5.32 Å². The number of piperidine rings is 3. The van der Waals surface area contributed by atoms with Crippen LogP contribution in [0.4, 0.5) is 0 Å². The standard InChI is InChI=1S/C17H26N2/c1-2-15-13-19-9-8-16(15)10-17(19)12-18-11-14-6-4-3-5-7-14/h3-7,15-18H,2,8-13H2,1H3/t15-,16-,17+/m0/s1. The number of benzene rings is 1. The number of nitrogens with zero attached hydrogens (tertiary/aromatic N) is 1. The summed E-state index contributed by atoms with van der Waals surface area (Å²) in [7, 11) is 0. The predicted octanol–water partition coefficient (Wildman–Crippen LogP) is 2.90. The molecule has 0 amide bonds. The third-order valence-corrected chi connectivity index (χ3v) is 5.09. The van der Waals surface area contributed by atoms with Gasteiger partial charge in [-0.05, 0) is 36.8 Å². The fourth-order valence-electron chi connectivity index (χ4n) is 3.90. The van der Waals surface area contributed by atoms with E-state index in [1.165, 1.54) is 37.9 Å². The fraction of sp³-hybridized carbons (Fsp3) is 0.647. The van der Waals surface area contributed by atoms with E-state index in [9.17, 15) is 0 Å². The van der Waals surface area contributed by atoms with Crippen molar-refractivity contribution in [3.05, 3.63) is 35.9 Å². The van der Waals surface area contributed by atoms with Gasteiger partial charge in [0.25, 0.3) is 0 Å². The Labute approximate surface area is 117 Å². The Kier molecular flexibility index (Phi) is 4.19. The fourth-order valence-corrected chi connectivity index (χ4v) is 3.90. The molecule has 3 heterocycles. The topological polar surface area (TPSA) is 15.3 Å². The van der Waals surface area contributed by atoms with Crippen molar-refractivity contribution in [2.45, 2.75) is 38.8 Å². The van der Waals surface area contributed by atoms with Crippen LogP contribution < -0.4 is 5.32 Å². The van der Waals surface area contributed by atoms with Crippen molar-refractivity contribution in [2.24, 2.45) is 11.8 Å². The minimum atomic E-state index is 0.783. The lowest BCUT2D eigenvalue weighted by atomic mass is 9.74. The molecule has 1 N–H and O–H groups in total. The number of hydrogen-bond acceptors (Lipinski definition) is 2. The lowest BCUT2D eigenvalue weighted by molar-refractivity contribution is 0.000333. The van der Waals surface area contributed by atoms with Crippen LogP contribution in [0.2, 0.25) is 0 Å². The summed E-state index contributed by atoms with van der Waals surface area (Å²) in [6.07, 6.45) is 4.22. The quantitative estimate of drug-likeness (QED) is 0.873. The number of nitrogens with one attached hydrogen (secondary N) is 1. The molecule has 3 saturated heterocycles. The second-order valence-electron chi connectivity index (χ2n) is 6.22. The van der Waals surface area contributed by atoms with E-state index in [1.807, 2.05) is 0 Å². The van der Waals surface area contributed by atoms with Crippen molar-refractivity contribution in [3.8, 4) is 0 Å². The molecule has 104 valence electrons. The molecule has 0 aromatic heterocycles. The molecule has 3 fully saturated rings. The molecule has 4 rings (SSSR count). The van der Waals surface area contributed by atoms with E-state index < -0.39 is 0 Å². The lowest BCUT2D eigenvalue weighted by Crippen LogP contribution is -2.56. The van der Waals surface area contributed by atoms with Crippen LogP contribution >= 0.6 is 0 Å². The minimum absolute atomic E-state index is 0.783. The van der Waals surface area contributed by atoms with E-state index in [-0.39, 0.29) is 0 Å². The number of rotatable bonds is 5. The first kappa shape index (κ1) is 13.1. The van der Waals surface area contributed by atoms with Crippen LogP contribution in [0.3, 0.4) is 0 Å². The third kappa shape index (κ3) is 3.01. The molecule has 2 nitrogen and oxygen atoms in total. The van der Waals surface area contributed by atoms with Gasteiger partial charge in [0.05, 0.1) is 0 Å². The summed E-state index contributed by atoms with van der Waals surface area (Å²) < 4.78 is 0. The summed E-state index contributed by atoms with van der Waals surface area (Å²) in [5.74, 6) is 1.97. The van der Waals surface area contributed by atoms with Crippen LogP contribution in [-0.4, -0.2) is 30.6 Å². The average molecular weight is 258 g/mol. The smallest absolute Gasteiger partial charge is 0.0223 e. The van der Waals surface area contributed by atoms with Crippen molar-refractivity contribution in [3.63, 3.8) is 0 Å². The normalized spacial score (nSPS) is 33.5. The van der Waals surface area contributed by atoms with Crippen LogP contribution in [0.15, 0.2) is 30.3 Å². The van der Waals surface area contributed by atoms with Gasteiger partial charge in [-0.25, -0.2) is 0 Å². The first-order chi connectivity index (χ1) is 9.36. The monoisotopic (exact) mass is 258 g/mol. The highest BCUT2D eigenvalue weighted by Crippen LogP contribution is 2.37. The Morgan fingerprint density at radius 3 is 2.79 bits per heavy atom. The van der Waals surface area contributed by atoms with E-state index in [0.717, 1.165) is 31.0 Å². The predicted molar refractivity (Wildman–Crippen MR) is 80.0 cm³/mol. The summed E-state index contributed by atoms with van der Waals surface area (Å²) in [4.78, 5) is 2.73. The molecule has 3 aliphatic heterocycles. The third-order valence-electron chi connectivity index (χ3n) is 5.09. The molecule has 0 radical (unpaired) electrons. The highest BCUT2D eigenvalue weighted by atomic mass is 15.2. The van der Waals surface area contributed by atoms with Crippen LogP contribution in [-0.2, 0) is 6.54 Å². The van der Waals surface area contributed by atoms with E-state index in [0.29, 0.717) is 0 Å². The Balaban J connectivity index is 1.47. The van der Waals surface area contributed by atoms with E-state index in [2.05, 4.69) is 47.5 Å². The van der Waals surface area contributed by atoms with Gasteiger partial charge in [0.2, 0.25) is 0 Å². The summed E-state index contributed by atoms with van der Waals surface area (Å²) in [6, 6.07) is 11.5. The maximum Gasteiger partial charge on any atom is 0.0223 e. The van der Waals surface area contributed by atoms with Crippen LogP contribution in [0.25, 0.3) is 0 Å². The van der Waals surface area contributed by atoms with Crippen molar-refractivity contribution in [1.82, 2.24) is 10.2 Å². The molecular weight excluding hydrogens is 232 g/mol. The maximum absolute atomic E-state index is 3.65. The van der Waals surface area contributed by atoms with Gasteiger partial charge in [-0.1, -0.05) is 43.7 Å². The van der Waals surface area contributed by atoms with Crippen LogP contribution in [0.1, 0.15) is 31.7 Å². The summed E-state index contributed by atoms with van der Waals surface area (Å²) in [6.45, 7) is 7.20. The molecule has 3 aliphatic rings. The second-order valence-corrected chi connectivity index (χ2v) is 6.22. The first-order valence-corrected chi connectivity index (χ1v) is 7.85. The van der Waals surface area contributed by atoms with Gasteiger partial charge >= 0.3 is 0 Å². The van der Waals surface area contributed by atoms with Crippen molar-refractivity contribution in [2.75, 3.05) is 19.6 Å². The number of fused-ring (bicyclic) bond motifs is 3. The molecule has 0 aliphatic carbocycles. The molecule has 0 saturated carbocycles. The second kappa shape index (κ2) is 6.06. The SMILES string of the molecule is CC[C@H]1CN2CC[C@H]1C[C@@H]2CNCc1ccccc1. The Bertz CT molecular complexity index is 390. The highest BCUT2D eigenvalue weighted by molar-refractivity contribution is 5.14. The van der Waals surface area contributed by atoms with Crippen molar-refractivity contribution < 1.29 is 0 Å². The maximum atomic E-state index is 3.65. The summed E-state index contributed by atoms with van der Waals surface area (Å²) >= 11 is 0. The molecule has 0 spiro atoms. The first-order valence-electron chi connectivity index (χ1n) is 7.85. The molecule has 1 aromatic carbocycles. The van der Waals surface area contributed by atoms with Crippen LogP contribution in [0, 0.1) is 11.8 Å². The van der Waals surface area contributed by atoms with E-state index in [4.69, 9.17) is 0 Å². The Hall–Kier alpha value is -0.860. The van der Waals surface area contributed by atoms with E-state index in [1.54, 1.807) is 0 Å².